The van der Waals surface area contributed by atoms with E-state index in [-0.39, 0.29) is 6.42 Å². The lowest BCUT2D eigenvalue weighted by Crippen LogP contribution is -2.53. The van der Waals surface area contributed by atoms with Crippen LogP contribution in [0.15, 0.2) is 30.5 Å². The van der Waals surface area contributed by atoms with Gasteiger partial charge in [0.2, 0.25) is 11.8 Å². The molecule has 0 aliphatic carbocycles. The number of benzene rings is 1. The summed E-state index contributed by atoms with van der Waals surface area (Å²) in [5, 5.41) is 14.7. The molecule has 1 aromatic heterocycles. The molecule has 2 atom stereocenters. The quantitative estimate of drug-likeness (QED) is 0.293. The summed E-state index contributed by atoms with van der Waals surface area (Å²) in [5.41, 5.74) is 13.1. The molecular formula is C19H27N5O4. The van der Waals surface area contributed by atoms with Gasteiger partial charge >= 0.3 is 5.97 Å². The van der Waals surface area contributed by atoms with Gasteiger partial charge in [-0.3, -0.25) is 14.4 Å². The highest BCUT2D eigenvalue weighted by atomic mass is 16.4. The molecule has 152 valence electrons. The highest BCUT2D eigenvalue weighted by Crippen LogP contribution is 2.19. The largest absolute Gasteiger partial charge is 0.480 e. The molecule has 9 nitrogen and oxygen atoms in total. The molecule has 2 amide bonds. The third-order valence-corrected chi connectivity index (χ3v) is 4.45. The highest BCUT2D eigenvalue weighted by molar-refractivity contribution is 5.92. The number of fused-ring (bicyclic) bond motifs is 1. The van der Waals surface area contributed by atoms with Gasteiger partial charge in [-0.1, -0.05) is 24.6 Å². The van der Waals surface area contributed by atoms with Crippen LogP contribution < -0.4 is 22.1 Å². The molecule has 0 radical (unpaired) electrons. The van der Waals surface area contributed by atoms with Gasteiger partial charge in [-0.05, 0) is 31.0 Å². The summed E-state index contributed by atoms with van der Waals surface area (Å²) in [4.78, 5) is 38.8. The van der Waals surface area contributed by atoms with Gasteiger partial charge in [0.25, 0.3) is 0 Å². The molecule has 0 aliphatic rings. The van der Waals surface area contributed by atoms with E-state index >= 15 is 0 Å². The number of carboxylic acids is 1. The van der Waals surface area contributed by atoms with Crippen LogP contribution in [0.4, 0.5) is 0 Å². The van der Waals surface area contributed by atoms with Crippen molar-refractivity contribution >= 4 is 28.7 Å². The molecule has 1 aromatic carbocycles. The van der Waals surface area contributed by atoms with Crippen molar-refractivity contribution in [2.75, 3.05) is 13.1 Å². The number of nitrogens with two attached hydrogens (primary N) is 2. The summed E-state index contributed by atoms with van der Waals surface area (Å²) in [7, 11) is 0. The molecule has 0 saturated carbocycles. The van der Waals surface area contributed by atoms with Crippen molar-refractivity contribution < 1.29 is 19.5 Å². The number of amides is 2. The highest BCUT2D eigenvalue weighted by Gasteiger charge is 2.25. The normalized spacial score (nSPS) is 13.1. The fraction of sp³-hybridized carbons (Fsp3) is 0.421. The predicted octanol–water partition coefficient (Wildman–Crippen LogP) is -0.148. The third kappa shape index (κ3) is 6.07. The smallest absolute Gasteiger partial charge is 0.322 e. The Hall–Kier alpha value is -2.91. The number of aromatic amines is 1. The van der Waals surface area contributed by atoms with Crippen LogP contribution in [0.5, 0.6) is 0 Å². The lowest BCUT2D eigenvalue weighted by Gasteiger charge is -2.20. The summed E-state index contributed by atoms with van der Waals surface area (Å²) in [6.07, 6.45) is 3.91. The van der Waals surface area contributed by atoms with Gasteiger partial charge in [0, 0.05) is 23.5 Å². The molecule has 0 saturated heterocycles. The number of aliphatic carboxylic acids is 1. The van der Waals surface area contributed by atoms with Gasteiger partial charge in [-0.2, -0.15) is 0 Å². The zero-order valence-corrected chi connectivity index (χ0v) is 15.6. The number of aromatic nitrogens is 1. The Morgan fingerprint density at radius 3 is 2.61 bits per heavy atom. The second-order valence-corrected chi connectivity index (χ2v) is 6.63. The summed E-state index contributed by atoms with van der Waals surface area (Å²) >= 11 is 0. The Labute approximate surface area is 162 Å². The SMILES string of the molecule is NCCCC[C@H](N)C(=O)N[C@@H](Cc1c[nH]c2ccccc12)C(=O)NCC(=O)O. The van der Waals surface area contributed by atoms with Crippen molar-refractivity contribution in [3.05, 3.63) is 36.0 Å². The second-order valence-electron chi connectivity index (χ2n) is 6.63. The fourth-order valence-corrected chi connectivity index (χ4v) is 2.93. The van der Waals surface area contributed by atoms with Crippen LogP contribution in [-0.2, 0) is 20.8 Å². The van der Waals surface area contributed by atoms with Crippen LogP contribution >= 0.6 is 0 Å². The standard InChI is InChI=1S/C19H27N5O4/c20-8-4-3-6-14(21)18(27)24-16(19(28)23-11-17(25)26)9-12-10-22-15-7-2-1-5-13(12)15/h1-2,5,7,10,14,16,22H,3-4,6,8-9,11,20-21H2,(H,23,28)(H,24,27)(H,25,26)/t14-,16-/m0/s1. The van der Waals surface area contributed by atoms with Crippen molar-refractivity contribution in [1.29, 1.82) is 0 Å². The van der Waals surface area contributed by atoms with E-state index in [9.17, 15) is 14.4 Å². The number of hydrogen-bond donors (Lipinski definition) is 6. The lowest BCUT2D eigenvalue weighted by atomic mass is 10.0. The monoisotopic (exact) mass is 389 g/mol. The van der Waals surface area contributed by atoms with E-state index in [1.165, 1.54) is 0 Å². The average molecular weight is 389 g/mol. The predicted molar refractivity (Wildman–Crippen MR) is 105 cm³/mol. The topological polar surface area (TPSA) is 163 Å². The van der Waals surface area contributed by atoms with Gasteiger partial charge in [0.15, 0.2) is 0 Å². The van der Waals surface area contributed by atoms with E-state index in [0.717, 1.165) is 22.9 Å². The number of H-pyrrole nitrogens is 1. The molecule has 9 heteroatoms. The van der Waals surface area contributed by atoms with E-state index < -0.39 is 36.4 Å². The van der Waals surface area contributed by atoms with Crippen molar-refractivity contribution in [2.24, 2.45) is 11.5 Å². The summed E-state index contributed by atoms with van der Waals surface area (Å²) in [6.45, 7) is -0.00321. The van der Waals surface area contributed by atoms with E-state index in [0.29, 0.717) is 19.4 Å². The van der Waals surface area contributed by atoms with Crippen LogP contribution in [0.2, 0.25) is 0 Å². The van der Waals surface area contributed by atoms with Crippen LogP contribution in [0, 0.1) is 0 Å². The Kier molecular flexibility index (Phi) is 7.97. The van der Waals surface area contributed by atoms with E-state index in [1.807, 2.05) is 24.3 Å². The Morgan fingerprint density at radius 1 is 1.14 bits per heavy atom. The molecule has 0 bridgehead atoms. The minimum atomic E-state index is -1.16. The number of carboxylic acid groups (broad SMARTS) is 1. The first-order valence-electron chi connectivity index (χ1n) is 9.23. The first-order chi connectivity index (χ1) is 13.4. The molecule has 8 N–H and O–H groups in total. The van der Waals surface area contributed by atoms with Gasteiger partial charge < -0.3 is 32.2 Å². The van der Waals surface area contributed by atoms with Crippen molar-refractivity contribution in [3.8, 4) is 0 Å². The number of nitrogens with one attached hydrogen (secondary N) is 3. The van der Waals surface area contributed by atoms with Crippen molar-refractivity contribution in [1.82, 2.24) is 15.6 Å². The van der Waals surface area contributed by atoms with Crippen molar-refractivity contribution in [3.63, 3.8) is 0 Å². The number of hydrogen-bond acceptors (Lipinski definition) is 5. The lowest BCUT2D eigenvalue weighted by molar-refractivity contribution is -0.138. The molecule has 0 aliphatic heterocycles. The molecule has 0 fully saturated rings. The molecule has 0 unspecified atom stereocenters. The van der Waals surface area contributed by atoms with Crippen LogP contribution in [0.25, 0.3) is 10.9 Å². The van der Waals surface area contributed by atoms with Gasteiger partial charge in [-0.15, -0.1) is 0 Å². The molecule has 0 spiro atoms. The molecule has 28 heavy (non-hydrogen) atoms. The number of carbonyl (C=O) groups is 3. The molecular weight excluding hydrogens is 362 g/mol. The molecule has 2 rings (SSSR count). The van der Waals surface area contributed by atoms with Crippen LogP contribution in [0.1, 0.15) is 24.8 Å². The van der Waals surface area contributed by atoms with Crippen LogP contribution in [0.3, 0.4) is 0 Å². The fourth-order valence-electron chi connectivity index (χ4n) is 2.93. The first kappa shape index (κ1) is 21.4. The zero-order valence-electron chi connectivity index (χ0n) is 15.6. The molecule has 1 heterocycles. The minimum Gasteiger partial charge on any atom is -0.480 e. The van der Waals surface area contributed by atoms with Crippen molar-refractivity contribution in [2.45, 2.75) is 37.8 Å². The van der Waals surface area contributed by atoms with E-state index in [1.54, 1.807) is 6.20 Å². The van der Waals surface area contributed by atoms with E-state index in [4.69, 9.17) is 16.6 Å². The van der Waals surface area contributed by atoms with Crippen LogP contribution in [-0.4, -0.2) is 53.0 Å². The summed E-state index contributed by atoms with van der Waals surface area (Å²) in [6, 6.07) is 5.89. The Balaban J connectivity index is 2.11. The maximum absolute atomic E-state index is 12.5. The summed E-state index contributed by atoms with van der Waals surface area (Å²) in [5.74, 6) is -2.19. The number of carbonyl (C=O) groups excluding carboxylic acids is 2. The Bertz CT molecular complexity index is 820. The third-order valence-electron chi connectivity index (χ3n) is 4.45. The zero-order chi connectivity index (χ0) is 20.5. The Morgan fingerprint density at radius 2 is 1.89 bits per heavy atom. The number of unbranched alkanes of at least 4 members (excludes halogenated alkanes) is 1. The number of para-hydroxylation sites is 1. The van der Waals surface area contributed by atoms with Gasteiger partial charge in [-0.25, -0.2) is 0 Å². The van der Waals surface area contributed by atoms with E-state index in [2.05, 4.69) is 15.6 Å². The number of rotatable bonds is 11. The maximum Gasteiger partial charge on any atom is 0.322 e. The maximum atomic E-state index is 12.5. The van der Waals surface area contributed by atoms with Gasteiger partial charge in [0.05, 0.1) is 6.04 Å². The average Bonchev–Trinajstić information content (AvgIpc) is 3.08. The van der Waals surface area contributed by atoms with Gasteiger partial charge in [0.1, 0.15) is 12.6 Å². The summed E-state index contributed by atoms with van der Waals surface area (Å²) < 4.78 is 0. The molecule has 2 aromatic rings. The second kappa shape index (κ2) is 10.4. The first-order valence-corrected chi connectivity index (χ1v) is 9.23. The minimum absolute atomic E-state index is 0.205.